The monoisotopic (exact) mass is 234 g/mol. The third-order valence-electron chi connectivity index (χ3n) is 2.78. The quantitative estimate of drug-likeness (QED) is 0.784. The largest absolute Gasteiger partial charge is 0.504 e. The second-order valence-corrected chi connectivity index (χ2v) is 3.78. The molecule has 0 saturated heterocycles. The zero-order valence-corrected chi connectivity index (χ0v) is 9.94. The van der Waals surface area contributed by atoms with E-state index in [0.29, 0.717) is 22.3 Å². The van der Waals surface area contributed by atoms with Crippen LogP contribution in [0.15, 0.2) is 18.2 Å². The molecule has 0 unspecified atom stereocenters. The summed E-state index contributed by atoms with van der Waals surface area (Å²) in [7, 11) is 3.09. The van der Waals surface area contributed by atoms with Crippen LogP contribution in [0.1, 0.15) is 5.56 Å². The van der Waals surface area contributed by atoms with Gasteiger partial charge in [-0.2, -0.15) is 0 Å². The van der Waals surface area contributed by atoms with Gasteiger partial charge in [0.15, 0.2) is 11.5 Å². The molecule has 0 bridgehead atoms. The second kappa shape index (κ2) is 4.05. The molecule has 4 nitrogen and oxygen atoms in total. The molecule has 2 rings (SSSR count). The third-order valence-corrected chi connectivity index (χ3v) is 2.78. The third kappa shape index (κ3) is 1.62. The summed E-state index contributed by atoms with van der Waals surface area (Å²) >= 11 is 0. The van der Waals surface area contributed by atoms with Crippen molar-refractivity contribution in [3.8, 4) is 23.0 Å². The lowest BCUT2D eigenvalue weighted by molar-refractivity contribution is 0.395. The number of hydrogen-bond donors (Lipinski definition) is 2. The minimum Gasteiger partial charge on any atom is -0.504 e. The summed E-state index contributed by atoms with van der Waals surface area (Å²) in [5, 5.41) is 20.6. The SMILES string of the molecule is COc1c(C)cc(OC)c2c(O)c(O)ccc12. The van der Waals surface area contributed by atoms with Crippen LogP contribution in [0.5, 0.6) is 23.0 Å². The number of benzene rings is 2. The Bertz CT molecular complexity index is 575. The molecule has 0 aliphatic heterocycles. The van der Waals surface area contributed by atoms with E-state index in [2.05, 4.69) is 0 Å². The van der Waals surface area contributed by atoms with E-state index in [4.69, 9.17) is 9.47 Å². The first-order valence-corrected chi connectivity index (χ1v) is 5.16. The van der Waals surface area contributed by atoms with E-state index < -0.39 is 0 Å². The van der Waals surface area contributed by atoms with Crippen LogP contribution in [0.3, 0.4) is 0 Å². The lowest BCUT2D eigenvalue weighted by Gasteiger charge is -2.14. The van der Waals surface area contributed by atoms with E-state index in [1.807, 2.05) is 6.92 Å². The van der Waals surface area contributed by atoms with Crippen molar-refractivity contribution in [2.45, 2.75) is 6.92 Å². The van der Waals surface area contributed by atoms with Gasteiger partial charge in [-0.05, 0) is 30.7 Å². The van der Waals surface area contributed by atoms with Crippen molar-refractivity contribution >= 4 is 10.8 Å². The Kier molecular flexibility index (Phi) is 2.71. The molecule has 0 aliphatic carbocycles. The minimum absolute atomic E-state index is 0.179. The highest BCUT2D eigenvalue weighted by atomic mass is 16.5. The summed E-state index contributed by atoms with van der Waals surface area (Å²) in [4.78, 5) is 0. The Morgan fingerprint density at radius 2 is 1.76 bits per heavy atom. The number of hydrogen-bond acceptors (Lipinski definition) is 4. The smallest absolute Gasteiger partial charge is 0.169 e. The number of ether oxygens (including phenoxy) is 2. The van der Waals surface area contributed by atoms with Crippen molar-refractivity contribution < 1.29 is 19.7 Å². The van der Waals surface area contributed by atoms with Gasteiger partial charge in [-0.15, -0.1) is 0 Å². The highest BCUT2D eigenvalue weighted by molar-refractivity contribution is 6.00. The summed E-state index contributed by atoms with van der Waals surface area (Å²) in [5.74, 6) is 0.794. The van der Waals surface area contributed by atoms with E-state index in [-0.39, 0.29) is 11.5 Å². The normalized spacial score (nSPS) is 10.5. The molecule has 17 heavy (non-hydrogen) atoms. The average Bonchev–Trinajstić information content (AvgIpc) is 2.32. The Morgan fingerprint density at radius 1 is 1.06 bits per heavy atom. The second-order valence-electron chi connectivity index (χ2n) is 3.78. The molecule has 0 fully saturated rings. The van der Waals surface area contributed by atoms with Crippen LogP contribution in [0.4, 0.5) is 0 Å². The molecule has 0 radical (unpaired) electrons. The average molecular weight is 234 g/mol. The van der Waals surface area contributed by atoms with Gasteiger partial charge in [-0.3, -0.25) is 0 Å². The van der Waals surface area contributed by atoms with Crippen molar-refractivity contribution in [3.05, 3.63) is 23.8 Å². The van der Waals surface area contributed by atoms with Crippen LogP contribution in [0.25, 0.3) is 10.8 Å². The van der Waals surface area contributed by atoms with E-state index in [1.165, 1.54) is 13.2 Å². The lowest BCUT2D eigenvalue weighted by Crippen LogP contribution is -1.93. The van der Waals surface area contributed by atoms with Crippen LogP contribution >= 0.6 is 0 Å². The number of aryl methyl sites for hydroxylation is 1. The van der Waals surface area contributed by atoms with E-state index in [1.54, 1.807) is 19.2 Å². The van der Waals surface area contributed by atoms with Crippen LogP contribution in [0, 0.1) is 6.92 Å². The minimum atomic E-state index is -0.197. The predicted molar refractivity (Wildman–Crippen MR) is 65.1 cm³/mol. The van der Waals surface area contributed by atoms with Crippen LogP contribution in [-0.2, 0) is 0 Å². The molecule has 0 aliphatic rings. The number of methoxy groups -OCH3 is 2. The Labute approximate surface area is 99.0 Å². The summed E-state index contributed by atoms with van der Waals surface area (Å²) in [6.07, 6.45) is 0. The molecule has 2 aromatic rings. The number of fused-ring (bicyclic) bond motifs is 1. The molecule has 0 heterocycles. The molecular formula is C13H14O4. The fraction of sp³-hybridized carbons (Fsp3) is 0.231. The standard InChI is InChI=1S/C13H14O4/c1-7-6-10(16-2)11-8(13(7)17-3)4-5-9(14)12(11)15/h4-6,14-15H,1-3H3. The molecule has 0 spiro atoms. The maximum atomic E-state index is 9.90. The van der Waals surface area contributed by atoms with Gasteiger partial charge < -0.3 is 19.7 Å². The van der Waals surface area contributed by atoms with Gasteiger partial charge in [0, 0.05) is 5.39 Å². The first-order chi connectivity index (χ1) is 8.10. The van der Waals surface area contributed by atoms with Crippen molar-refractivity contribution in [1.29, 1.82) is 0 Å². The maximum absolute atomic E-state index is 9.90. The van der Waals surface area contributed by atoms with E-state index >= 15 is 0 Å². The van der Waals surface area contributed by atoms with E-state index in [0.717, 1.165) is 5.56 Å². The molecule has 4 heteroatoms. The Balaban J connectivity index is 2.97. The number of phenolic OH excluding ortho intramolecular Hbond substituents is 2. The predicted octanol–water partition coefficient (Wildman–Crippen LogP) is 2.58. The zero-order chi connectivity index (χ0) is 12.6. The van der Waals surface area contributed by atoms with Crippen molar-refractivity contribution in [1.82, 2.24) is 0 Å². The lowest BCUT2D eigenvalue weighted by atomic mass is 10.0. The Hall–Kier alpha value is -2.10. The fourth-order valence-corrected chi connectivity index (χ4v) is 2.00. The number of aromatic hydroxyl groups is 2. The van der Waals surface area contributed by atoms with Gasteiger partial charge in [0.1, 0.15) is 11.5 Å². The van der Waals surface area contributed by atoms with Gasteiger partial charge in [0.2, 0.25) is 0 Å². The van der Waals surface area contributed by atoms with Gasteiger partial charge in [-0.25, -0.2) is 0 Å². The van der Waals surface area contributed by atoms with Crippen molar-refractivity contribution in [3.63, 3.8) is 0 Å². The fourth-order valence-electron chi connectivity index (χ4n) is 2.00. The highest BCUT2D eigenvalue weighted by Crippen LogP contribution is 2.44. The number of rotatable bonds is 2. The molecule has 2 aromatic carbocycles. The molecule has 0 aromatic heterocycles. The van der Waals surface area contributed by atoms with Crippen molar-refractivity contribution in [2.75, 3.05) is 14.2 Å². The van der Waals surface area contributed by atoms with Gasteiger partial charge in [0.05, 0.1) is 19.6 Å². The maximum Gasteiger partial charge on any atom is 0.169 e. The first-order valence-electron chi connectivity index (χ1n) is 5.16. The van der Waals surface area contributed by atoms with Gasteiger partial charge in [-0.1, -0.05) is 0 Å². The Morgan fingerprint density at radius 3 is 2.35 bits per heavy atom. The van der Waals surface area contributed by atoms with Crippen LogP contribution in [0.2, 0.25) is 0 Å². The molecule has 0 amide bonds. The van der Waals surface area contributed by atoms with Crippen LogP contribution in [-0.4, -0.2) is 24.4 Å². The summed E-state index contributed by atoms with van der Waals surface area (Å²) in [5.41, 5.74) is 0.905. The molecule has 90 valence electrons. The molecular weight excluding hydrogens is 220 g/mol. The zero-order valence-electron chi connectivity index (χ0n) is 9.94. The highest BCUT2D eigenvalue weighted by Gasteiger charge is 2.16. The van der Waals surface area contributed by atoms with Crippen molar-refractivity contribution in [2.24, 2.45) is 0 Å². The first kappa shape index (κ1) is 11.4. The molecule has 0 saturated carbocycles. The van der Waals surface area contributed by atoms with E-state index in [9.17, 15) is 10.2 Å². The van der Waals surface area contributed by atoms with Crippen LogP contribution < -0.4 is 9.47 Å². The molecule has 0 atom stereocenters. The number of phenols is 2. The summed E-state index contributed by atoms with van der Waals surface area (Å²) in [6.45, 7) is 1.89. The topological polar surface area (TPSA) is 58.9 Å². The molecule has 2 N–H and O–H groups in total. The summed E-state index contributed by atoms with van der Waals surface area (Å²) in [6, 6.07) is 4.89. The van der Waals surface area contributed by atoms with Gasteiger partial charge in [0.25, 0.3) is 0 Å². The summed E-state index contributed by atoms with van der Waals surface area (Å²) < 4.78 is 10.5. The van der Waals surface area contributed by atoms with Gasteiger partial charge >= 0.3 is 0 Å².